The van der Waals surface area contributed by atoms with Crippen LogP contribution >= 0.6 is 0 Å². The normalized spacial score (nSPS) is 14.9. The number of piperazine rings is 1. The monoisotopic (exact) mass is 238 g/mol. The highest BCUT2D eigenvalue weighted by atomic mass is 16.6. The van der Waals surface area contributed by atoms with Gasteiger partial charge in [-0.15, -0.1) is 0 Å². The van der Waals surface area contributed by atoms with Crippen molar-refractivity contribution in [2.45, 2.75) is 13.8 Å². The third-order valence-electron chi connectivity index (χ3n) is 2.44. The van der Waals surface area contributed by atoms with E-state index in [4.69, 9.17) is 4.84 Å². The van der Waals surface area contributed by atoms with Crippen LogP contribution in [0.2, 0.25) is 0 Å². The largest absolute Gasteiger partial charge is 0.368 e. The zero-order valence-electron chi connectivity index (χ0n) is 10.9. The molecule has 1 saturated heterocycles. The number of nitrogens with one attached hydrogen (secondary N) is 2. The van der Waals surface area contributed by atoms with E-state index in [0.29, 0.717) is 0 Å². The Morgan fingerprint density at radius 2 is 2.00 bits per heavy atom. The molecule has 1 aromatic rings. The van der Waals surface area contributed by atoms with Gasteiger partial charge in [0.1, 0.15) is 5.82 Å². The number of anilines is 2. The van der Waals surface area contributed by atoms with Gasteiger partial charge in [-0.1, -0.05) is 13.8 Å². The predicted octanol–water partition coefficient (Wildman–Crippen LogP) is 1.49. The minimum Gasteiger partial charge on any atom is -0.368 e. The van der Waals surface area contributed by atoms with Crippen molar-refractivity contribution in [2.75, 3.05) is 43.7 Å². The van der Waals surface area contributed by atoms with E-state index in [0.717, 1.165) is 37.7 Å². The van der Waals surface area contributed by atoms with E-state index >= 15 is 0 Å². The summed E-state index contributed by atoms with van der Waals surface area (Å²) < 4.78 is 0. The first-order valence-electron chi connectivity index (χ1n) is 6.11. The van der Waals surface area contributed by atoms with Crippen LogP contribution in [0.3, 0.4) is 0 Å². The summed E-state index contributed by atoms with van der Waals surface area (Å²) in [6.07, 6.45) is 1.87. The number of aromatic nitrogens is 1. The second kappa shape index (κ2) is 7.86. The predicted molar refractivity (Wildman–Crippen MR) is 71.3 cm³/mol. The Labute approximate surface area is 103 Å². The van der Waals surface area contributed by atoms with Crippen molar-refractivity contribution in [3.63, 3.8) is 0 Å². The van der Waals surface area contributed by atoms with Crippen LogP contribution < -0.4 is 15.7 Å². The Kier molecular flexibility index (Phi) is 6.35. The minimum atomic E-state index is 0.733. The van der Waals surface area contributed by atoms with Crippen molar-refractivity contribution < 1.29 is 4.84 Å². The van der Waals surface area contributed by atoms with Gasteiger partial charge in [-0.2, -0.15) is 0 Å². The molecule has 1 fully saturated rings. The minimum absolute atomic E-state index is 0.733. The van der Waals surface area contributed by atoms with Gasteiger partial charge >= 0.3 is 0 Å². The molecule has 1 aliphatic rings. The van der Waals surface area contributed by atoms with Crippen molar-refractivity contribution in [3.8, 4) is 0 Å². The van der Waals surface area contributed by atoms with Crippen LogP contribution in [0, 0.1) is 0 Å². The van der Waals surface area contributed by atoms with Crippen molar-refractivity contribution in [2.24, 2.45) is 0 Å². The average molecular weight is 238 g/mol. The molecule has 2 heterocycles. The van der Waals surface area contributed by atoms with Gasteiger partial charge < -0.3 is 10.2 Å². The highest BCUT2D eigenvalue weighted by Crippen LogP contribution is 2.15. The van der Waals surface area contributed by atoms with Gasteiger partial charge in [0.2, 0.25) is 0 Å². The highest BCUT2D eigenvalue weighted by Gasteiger charge is 2.10. The van der Waals surface area contributed by atoms with Gasteiger partial charge in [-0.25, -0.2) is 10.5 Å². The number of hydrogen-bond donors (Lipinski definition) is 2. The Morgan fingerprint density at radius 3 is 2.53 bits per heavy atom. The molecule has 5 heteroatoms. The van der Waals surface area contributed by atoms with Gasteiger partial charge in [0, 0.05) is 26.2 Å². The molecule has 0 bridgehead atoms. The van der Waals surface area contributed by atoms with Gasteiger partial charge in [0.05, 0.1) is 19.0 Å². The summed E-state index contributed by atoms with van der Waals surface area (Å²) >= 11 is 0. The van der Waals surface area contributed by atoms with Gasteiger partial charge in [-0.05, 0) is 12.1 Å². The van der Waals surface area contributed by atoms with Gasteiger partial charge in [-0.3, -0.25) is 4.84 Å². The molecule has 96 valence electrons. The Morgan fingerprint density at radius 1 is 1.29 bits per heavy atom. The fraction of sp³-hybridized carbons (Fsp3) is 0.583. The molecule has 0 unspecified atom stereocenters. The molecule has 2 N–H and O–H groups in total. The summed E-state index contributed by atoms with van der Waals surface area (Å²) in [6, 6.07) is 3.97. The summed E-state index contributed by atoms with van der Waals surface area (Å²) in [7, 11) is 1.58. The first-order valence-corrected chi connectivity index (χ1v) is 6.11. The molecule has 17 heavy (non-hydrogen) atoms. The third kappa shape index (κ3) is 4.20. The van der Waals surface area contributed by atoms with Crippen LogP contribution in [0.15, 0.2) is 18.3 Å². The summed E-state index contributed by atoms with van der Waals surface area (Å²) in [5, 5.41) is 3.32. The van der Waals surface area contributed by atoms with Gasteiger partial charge in [0.25, 0.3) is 0 Å². The lowest BCUT2D eigenvalue weighted by Gasteiger charge is -2.29. The van der Waals surface area contributed by atoms with E-state index in [-0.39, 0.29) is 0 Å². The maximum atomic E-state index is 4.78. The van der Waals surface area contributed by atoms with Crippen molar-refractivity contribution in [1.29, 1.82) is 0 Å². The maximum Gasteiger partial charge on any atom is 0.149 e. The van der Waals surface area contributed by atoms with E-state index in [1.165, 1.54) is 0 Å². The molecular weight excluding hydrogens is 216 g/mol. The molecule has 0 spiro atoms. The fourth-order valence-electron chi connectivity index (χ4n) is 1.66. The lowest BCUT2D eigenvalue weighted by atomic mass is 10.3. The second-order valence-electron chi connectivity index (χ2n) is 3.44. The zero-order chi connectivity index (χ0) is 12.5. The first-order chi connectivity index (χ1) is 8.40. The summed E-state index contributed by atoms with van der Waals surface area (Å²) in [5.41, 5.74) is 3.86. The van der Waals surface area contributed by atoms with Crippen LogP contribution in [0.1, 0.15) is 13.8 Å². The van der Waals surface area contributed by atoms with Crippen LogP contribution in [0.4, 0.5) is 11.5 Å². The zero-order valence-corrected chi connectivity index (χ0v) is 10.9. The number of rotatable bonds is 3. The lowest BCUT2D eigenvalue weighted by molar-refractivity contribution is 0.269. The Hall–Kier alpha value is -1.33. The molecule has 1 aromatic heterocycles. The van der Waals surface area contributed by atoms with E-state index in [1.807, 2.05) is 26.1 Å². The Bertz CT molecular complexity index is 296. The molecule has 0 aliphatic carbocycles. The third-order valence-corrected chi connectivity index (χ3v) is 2.44. The fourth-order valence-corrected chi connectivity index (χ4v) is 1.66. The number of nitrogens with zero attached hydrogens (tertiary/aromatic N) is 2. The number of pyridine rings is 1. The molecule has 5 nitrogen and oxygen atoms in total. The van der Waals surface area contributed by atoms with Crippen LogP contribution in [-0.2, 0) is 4.84 Å². The quantitative estimate of drug-likeness (QED) is 0.781. The van der Waals surface area contributed by atoms with Gasteiger partial charge in [0.15, 0.2) is 0 Å². The molecular formula is C12H22N4O. The Balaban J connectivity index is 0.000000686. The topological polar surface area (TPSA) is 49.4 Å². The molecule has 0 radical (unpaired) electrons. The molecule has 0 amide bonds. The summed E-state index contributed by atoms with van der Waals surface area (Å²) in [4.78, 5) is 11.3. The highest BCUT2D eigenvalue weighted by molar-refractivity contribution is 5.49. The standard InChI is InChI=1S/C10H16N4O.C2H6/c1-15-13-10-3-2-9(8-12-10)14-6-4-11-5-7-14;1-2/h2-3,8,11H,4-7H2,1H3,(H,12,13);1-2H3. The van der Waals surface area contributed by atoms with Crippen molar-refractivity contribution in [3.05, 3.63) is 18.3 Å². The summed E-state index contributed by atoms with van der Waals surface area (Å²) in [6.45, 7) is 8.16. The second-order valence-corrected chi connectivity index (χ2v) is 3.44. The summed E-state index contributed by atoms with van der Waals surface area (Å²) in [5.74, 6) is 0.733. The van der Waals surface area contributed by atoms with Crippen LogP contribution in [0.5, 0.6) is 0 Å². The maximum absolute atomic E-state index is 4.78. The molecule has 0 saturated carbocycles. The van der Waals surface area contributed by atoms with E-state index in [1.54, 1.807) is 7.11 Å². The van der Waals surface area contributed by atoms with Crippen molar-refractivity contribution >= 4 is 11.5 Å². The molecule has 1 aliphatic heterocycles. The van der Waals surface area contributed by atoms with Crippen LogP contribution in [-0.4, -0.2) is 38.3 Å². The average Bonchev–Trinajstić information content (AvgIpc) is 2.43. The number of hydrogen-bond acceptors (Lipinski definition) is 5. The smallest absolute Gasteiger partial charge is 0.149 e. The van der Waals surface area contributed by atoms with E-state index in [2.05, 4.69) is 26.7 Å². The SMILES string of the molecule is CC.CONc1ccc(N2CCNCC2)cn1. The van der Waals surface area contributed by atoms with E-state index in [9.17, 15) is 0 Å². The molecule has 0 aromatic carbocycles. The molecule has 0 atom stereocenters. The van der Waals surface area contributed by atoms with Crippen molar-refractivity contribution in [1.82, 2.24) is 10.3 Å². The van der Waals surface area contributed by atoms with E-state index < -0.39 is 0 Å². The first kappa shape index (κ1) is 13.7. The van der Waals surface area contributed by atoms with Crippen LogP contribution in [0.25, 0.3) is 0 Å². The molecule has 2 rings (SSSR count). The lowest BCUT2D eigenvalue weighted by Crippen LogP contribution is -2.43.